The van der Waals surface area contributed by atoms with E-state index in [9.17, 15) is 0 Å². The van der Waals surface area contributed by atoms with Crippen molar-refractivity contribution in [2.45, 2.75) is 0 Å². The molecule has 0 radical (unpaired) electrons. The summed E-state index contributed by atoms with van der Waals surface area (Å²) in [5.41, 5.74) is 8.73. The summed E-state index contributed by atoms with van der Waals surface area (Å²) >= 11 is 0. The van der Waals surface area contributed by atoms with Gasteiger partial charge in [-0.15, -0.1) is 0 Å². The highest BCUT2D eigenvalue weighted by atomic mass is 14.7. The molecule has 3 aromatic rings. The van der Waals surface area contributed by atoms with Crippen molar-refractivity contribution in [3.05, 3.63) is 53.9 Å². The minimum absolute atomic E-state index is 0.605. The van der Waals surface area contributed by atoms with Crippen LogP contribution in [0.25, 0.3) is 26.7 Å². The fourth-order valence-corrected chi connectivity index (χ4v) is 1.90. The molecule has 0 saturated carbocycles. The number of nitrogen functional groups attached to an aromatic ring is 1. The van der Waals surface area contributed by atoms with Gasteiger partial charge in [-0.3, -0.25) is 0 Å². The van der Waals surface area contributed by atoms with Gasteiger partial charge in [0.05, 0.1) is 17.6 Å². The van der Waals surface area contributed by atoms with Crippen molar-refractivity contribution < 1.29 is 0 Å². The van der Waals surface area contributed by atoms with Gasteiger partial charge < -0.3 is 5.73 Å². The Bertz CT molecular complexity index is 769. The van der Waals surface area contributed by atoms with E-state index in [1.165, 1.54) is 0 Å². The van der Waals surface area contributed by atoms with Gasteiger partial charge in [0.25, 0.3) is 0 Å². The van der Waals surface area contributed by atoms with Crippen LogP contribution in [0.15, 0.2) is 42.5 Å². The van der Waals surface area contributed by atoms with Gasteiger partial charge >= 0.3 is 0 Å². The maximum absolute atomic E-state index is 6.99. The highest BCUT2D eigenvalue weighted by Gasteiger charge is 2.01. The van der Waals surface area contributed by atoms with Crippen molar-refractivity contribution in [1.82, 2.24) is 4.98 Å². The SMILES string of the molecule is [C-]#[N+]c1ccc2cc3ccc(N)cc3nc2c1. The Hall–Kier alpha value is -2.60. The monoisotopic (exact) mass is 219 g/mol. The summed E-state index contributed by atoms with van der Waals surface area (Å²) < 4.78 is 0. The second-order valence-electron chi connectivity index (χ2n) is 3.93. The first kappa shape index (κ1) is 9.61. The number of benzene rings is 2. The standard InChI is InChI=1S/C14H9N3/c1-16-12-5-3-10-6-9-2-4-11(15)7-13(9)17-14(10)8-12/h2-8H,15H2. The van der Waals surface area contributed by atoms with Crippen molar-refractivity contribution >= 4 is 33.2 Å². The molecule has 0 spiro atoms. The van der Waals surface area contributed by atoms with Crippen LogP contribution < -0.4 is 5.73 Å². The molecular formula is C14H9N3. The second kappa shape index (κ2) is 3.46. The fourth-order valence-electron chi connectivity index (χ4n) is 1.90. The van der Waals surface area contributed by atoms with Crippen molar-refractivity contribution in [2.75, 3.05) is 5.73 Å². The average Bonchev–Trinajstić information content (AvgIpc) is 2.35. The lowest BCUT2D eigenvalue weighted by molar-refractivity contribution is 1.50. The Balaban J connectivity index is 2.40. The summed E-state index contributed by atoms with van der Waals surface area (Å²) in [7, 11) is 0. The van der Waals surface area contributed by atoms with E-state index in [0.29, 0.717) is 11.4 Å². The van der Waals surface area contributed by atoms with Gasteiger partial charge in [0.2, 0.25) is 0 Å². The molecule has 0 fully saturated rings. The van der Waals surface area contributed by atoms with Crippen LogP contribution in [-0.4, -0.2) is 4.98 Å². The van der Waals surface area contributed by atoms with Crippen molar-refractivity contribution in [3.8, 4) is 0 Å². The van der Waals surface area contributed by atoms with E-state index in [1.807, 2.05) is 24.3 Å². The summed E-state index contributed by atoms with van der Waals surface area (Å²) in [6.45, 7) is 6.99. The smallest absolute Gasteiger partial charge is 0.189 e. The number of nitrogens with two attached hydrogens (primary N) is 1. The molecule has 1 aromatic heterocycles. The Morgan fingerprint density at radius 3 is 2.41 bits per heavy atom. The summed E-state index contributed by atoms with van der Waals surface area (Å²) in [5.74, 6) is 0. The molecule has 0 aliphatic rings. The van der Waals surface area contributed by atoms with Gasteiger partial charge in [0.1, 0.15) is 0 Å². The second-order valence-corrected chi connectivity index (χ2v) is 3.93. The first-order chi connectivity index (χ1) is 8.26. The molecule has 3 nitrogen and oxygen atoms in total. The third kappa shape index (κ3) is 1.56. The lowest BCUT2D eigenvalue weighted by Gasteiger charge is -2.02. The molecule has 0 amide bonds. The fraction of sp³-hybridized carbons (Fsp3) is 0. The third-order valence-corrected chi connectivity index (χ3v) is 2.75. The molecule has 17 heavy (non-hydrogen) atoms. The van der Waals surface area contributed by atoms with Crippen molar-refractivity contribution in [3.63, 3.8) is 0 Å². The van der Waals surface area contributed by atoms with E-state index >= 15 is 0 Å². The Kier molecular flexibility index (Phi) is 1.96. The minimum atomic E-state index is 0.605. The number of hydrogen-bond acceptors (Lipinski definition) is 2. The lowest BCUT2D eigenvalue weighted by atomic mass is 10.1. The average molecular weight is 219 g/mol. The van der Waals surface area contributed by atoms with Crippen LogP contribution >= 0.6 is 0 Å². The topological polar surface area (TPSA) is 43.3 Å². The maximum atomic E-state index is 6.99. The molecule has 0 aliphatic heterocycles. The van der Waals surface area contributed by atoms with Crippen molar-refractivity contribution in [2.24, 2.45) is 0 Å². The quantitative estimate of drug-likeness (QED) is 0.357. The van der Waals surface area contributed by atoms with Crippen LogP contribution in [0, 0.1) is 6.57 Å². The highest BCUT2D eigenvalue weighted by Crippen LogP contribution is 2.24. The predicted octanol–water partition coefficient (Wildman–Crippen LogP) is 3.52. The van der Waals surface area contributed by atoms with E-state index in [0.717, 1.165) is 21.8 Å². The molecule has 0 atom stereocenters. The zero-order valence-electron chi connectivity index (χ0n) is 9.01. The number of fused-ring (bicyclic) bond motifs is 2. The van der Waals surface area contributed by atoms with E-state index in [2.05, 4.69) is 15.9 Å². The first-order valence-corrected chi connectivity index (χ1v) is 5.24. The Morgan fingerprint density at radius 1 is 0.941 bits per heavy atom. The maximum Gasteiger partial charge on any atom is 0.189 e. The van der Waals surface area contributed by atoms with Crippen LogP contribution in [0.3, 0.4) is 0 Å². The van der Waals surface area contributed by atoms with Crippen LogP contribution in [0.2, 0.25) is 0 Å². The van der Waals surface area contributed by atoms with Gasteiger partial charge in [-0.25, -0.2) is 9.83 Å². The first-order valence-electron chi connectivity index (χ1n) is 5.24. The van der Waals surface area contributed by atoms with Crippen LogP contribution in [0.1, 0.15) is 0 Å². The van der Waals surface area contributed by atoms with Gasteiger partial charge in [-0.05, 0) is 29.7 Å². The van der Waals surface area contributed by atoms with Crippen LogP contribution in [0.4, 0.5) is 11.4 Å². The van der Waals surface area contributed by atoms with Crippen LogP contribution in [0.5, 0.6) is 0 Å². The molecule has 2 N–H and O–H groups in total. The zero-order chi connectivity index (χ0) is 11.8. The number of hydrogen-bond donors (Lipinski definition) is 1. The van der Waals surface area contributed by atoms with Crippen molar-refractivity contribution in [1.29, 1.82) is 0 Å². The number of rotatable bonds is 0. The van der Waals surface area contributed by atoms with E-state index in [1.54, 1.807) is 12.1 Å². The van der Waals surface area contributed by atoms with E-state index in [4.69, 9.17) is 12.3 Å². The normalized spacial score (nSPS) is 10.5. The number of nitrogens with zero attached hydrogens (tertiary/aromatic N) is 2. The summed E-state index contributed by atoms with van der Waals surface area (Å²) in [5, 5.41) is 2.09. The molecule has 1 heterocycles. The predicted molar refractivity (Wildman–Crippen MR) is 69.9 cm³/mol. The number of aromatic nitrogens is 1. The van der Waals surface area contributed by atoms with E-state index < -0.39 is 0 Å². The van der Waals surface area contributed by atoms with Gasteiger partial charge in [0, 0.05) is 11.1 Å². The number of pyridine rings is 1. The Morgan fingerprint density at radius 2 is 1.65 bits per heavy atom. The summed E-state index contributed by atoms with van der Waals surface area (Å²) in [4.78, 5) is 7.93. The molecule has 0 aliphatic carbocycles. The van der Waals surface area contributed by atoms with E-state index in [-0.39, 0.29) is 0 Å². The van der Waals surface area contributed by atoms with Gasteiger partial charge in [-0.1, -0.05) is 18.2 Å². The number of anilines is 1. The zero-order valence-corrected chi connectivity index (χ0v) is 9.01. The Labute approximate surface area is 98.3 Å². The molecule has 80 valence electrons. The molecule has 0 bridgehead atoms. The summed E-state index contributed by atoms with van der Waals surface area (Å²) in [6.07, 6.45) is 0. The molecular weight excluding hydrogens is 210 g/mol. The molecule has 0 unspecified atom stereocenters. The molecule has 3 heteroatoms. The molecule has 2 aromatic carbocycles. The van der Waals surface area contributed by atoms with Crippen LogP contribution in [-0.2, 0) is 0 Å². The third-order valence-electron chi connectivity index (χ3n) is 2.75. The molecule has 0 saturated heterocycles. The molecule has 3 rings (SSSR count). The largest absolute Gasteiger partial charge is 0.399 e. The van der Waals surface area contributed by atoms with Gasteiger partial charge in [-0.2, -0.15) is 0 Å². The minimum Gasteiger partial charge on any atom is -0.399 e. The highest BCUT2D eigenvalue weighted by molar-refractivity contribution is 5.94. The van der Waals surface area contributed by atoms with Gasteiger partial charge in [0.15, 0.2) is 5.69 Å². The summed E-state index contributed by atoms with van der Waals surface area (Å²) in [6, 6.07) is 13.3. The lowest BCUT2D eigenvalue weighted by Crippen LogP contribution is -1.86.